The summed E-state index contributed by atoms with van der Waals surface area (Å²) in [5.74, 6) is 0. The lowest BCUT2D eigenvalue weighted by molar-refractivity contribution is 0.00516. The van der Waals surface area contributed by atoms with Crippen LogP contribution in [0, 0.1) is 5.41 Å². The van der Waals surface area contributed by atoms with Gasteiger partial charge in [0.1, 0.15) is 5.58 Å². The third-order valence-corrected chi connectivity index (χ3v) is 7.15. The van der Waals surface area contributed by atoms with Crippen molar-refractivity contribution >= 4 is 21.0 Å². The Balaban J connectivity index is 1.67. The number of furan rings is 1. The van der Waals surface area contributed by atoms with Gasteiger partial charge in [0.05, 0.1) is 6.61 Å². The van der Waals surface area contributed by atoms with Gasteiger partial charge in [-0.25, -0.2) is 8.42 Å². The van der Waals surface area contributed by atoms with Crippen molar-refractivity contribution in [1.82, 2.24) is 9.62 Å². The number of aliphatic hydroxyl groups excluding tert-OH is 1. The van der Waals surface area contributed by atoms with Gasteiger partial charge in [-0.1, -0.05) is 18.2 Å². The summed E-state index contributed by atoms with van der Waals surface area (Å²) in [4.78, 5) is 0. The Bertz CT molecular complexity index is 814. The lowest BCUT2D eigenvalue weighted by atomic mass is 9.71. The number of nitrogens with one attached hydrogen (secondary N) is 1. The molecular weight excluding hydrogens is 328 g/mol. The van der Waals surface area contributed by atoms with E-state index in [0.29, 0.717) is 25.1 Å². The van der Waals surface area contributed by atoms with Gasteiger partial charge in [0, 0.05) is 36.0 Å². The lowest BCUT2D eigenvalue weighted by Crippen LogP contribution is -2.62. The number of fused-ring (bicyclic) bond motifs is 2. The Labute approximate surface area is 141 Å². The monoisotopic (exact) mass is 350 g/mol. The van der Waals surface area contributed by atoms with Gasteiger partial charge in [0.2, 0.25) is 5.09 Å². The Morgan fingerprint density at radius 2 is 2.21 bits per heavy atom. The van der Waals surface area contributed by atoms with Gasteiger partial charge in [-0.3, -0.25) is 0 Å². The Hall–Kier alpha value is -1.41. The van der Waals surface area contributed by atoms with E-state index in [1.165, 1.54) is 4.31 Å². The summed E-state index contributed by atoms with van der Waals surface area (Å²) in [7, 11) is -3.69. The zero-order valence-corrected chi connectivity index (χ0v) is 14.3. The number of hydrogen-bond donors (Lipinski definition) is 2. The maximum atomic E-state index is 13.0. The van der Waals surface area contributed by atoms with Crippen LogP contribution >= 0.6 is 0 Å². The van der Waals surface area contributed by atoms with Crippen LogP contribution in [0.15, 0.2) is 39.8 Å². The van der Waals surface area contributed by atoms with E-state index in [1.807, 2.05) is 18.2 Å². The summed E-state index contributed by atoms with van der Waals surface area (Å²) in [6, 6.07) is 9.04. The predicted molar refractivity (Wildman–Crippen MR) is 90.1 cm³/mol. The fraction of sp³-hybridized carbons (Fsp3) is 0.529. The highest BCUT2D eigenvalue weighted by Crippen LogP contribution is 2.39. The summed E-state index contributed by atoms with van der Waals surface area (Å²) in [6.45, 7) is 1.71. The molecule has 2 N–H and O–H groups in total. The maximum Gasteiger partial charge on any atom is 0.276 e. The van der Waals surface area contributed by atoms with E-state index >= 15 is 0 Å². The maximum absolute atomic E-state index is 13.0. The molecule has 2 fully saturated rings. The first-order chi connectivity index (χ1) is 11.5. The summed E-state index contributed by atoms with van der Waals surface area (Å²) in [5, 5.41) is 14.2. The van der Waals surface area contributed by atoms with Gasteiger partial charge < -0.3 is 14.8 Å². The summed E-state index contributed by atoms with van der Waals surface area (Å²) in [5.41, 5.74) is 0.178. The van der Waals surface area contributed by atoms with Crippen molar-refractivity contribution in [2.75, 3.05) is 26.2 Å². The molecule has 0 bridgehead atoms. The molecule has 0 amide bonds. The second kappa shape index (κ2) is 5.84. The number of piperidine rings is 2. The zero-order chi connectivity index (χ0) is 16.8. The minimum Gasteiger partial charge on any atom is -0.443 e. The van der Waals surface area contributed by atoms with Gasteiger partial charge in [-0.2, -0.15) is 4.31 Å². The number of rotatable bonds is 3. The summed E-state index contributed by atoms with van der Waals surface area (Å²) >= 11 is 0. The van der Waals surface area contributed by atoms with E-state index in [9.17, 15) is 13.5 Å². The first-order valence-corrected chi connectivity index (χ1v) is 9.82. The van der Waals surface area contributed by atoms with Crippen LogP contribution in [-0.2, 0) is 10.0 Å². The molecule has 3 heterocycles. The molecule has 2 aliphatic rings. The van der Waals surface area contributed by atoms with Crippen molar-refractivity contribution < 1.29 is 17.9 Å². The Morgan fingerprint density at radius 3 is 3.00 bits per heavy atom. The average molecular weight is 350 g/mol. The van der Waals surface area contributed by atoms with Gasteiger partial charge in [0.15, 0.2) is 0 Å². The van der Waals surface area contributed by atoms with Crippen LogP contribution in [0.1, 0.15) is 19.3 Å². The fourth-order valence-electron chi connectivity index (χ4n) is 4.06. The number of sulfonamides is 1. The van der Waals surface area contributed by atoms with E-state index < -0.39 is 15.4 Å². The molecule has 0 radical (unpaired) electrons. The Kier molecular flexibility index (Phi) is 3.91. The second-order valence-electron chi connectivity index (χ2n) is 6.86. The van der Waals surface area contributed by atoms with Gasteiger partial charge in [-0.15, -0.1) is 0 Å². The van der Waals surface area contributed by atoms with E-state index in [1.54, 1.807) is 12.1 Å². The number of benzene rings is 1. The summed E-state index contributed by atoms with van der Waals surface area (Å²) < 4.78 is 33.1. The van der Waals surface area contributed by atoms with Crippen LogP contribution in [0.5, 0.6) is 0 Å². The quantitative estimate of drug-likeness (QED) is 0.878. The number of nitrogens with zero attached hydrogens (tertiary/aromatic N) is 1. The molecule has 4 rings (SSSR count). The molecule has 0 spiro atoms. The fourth-order valence-corrected chi connectivity index (χ4v) is 5.56. The third kappa shape index (κ3) is 2.47. The molecule has 2 aromatic rings. The molecule has 24 heavy (non-hydrogen) atoms. The highest BCUT2D eigenvalue weighted by molar-refractivity contribution is 7.89. The van der Waals surface area contributed by atoms with E-state index in [4.69, 9.17) is 4.42 Å². The molecule has 2 aliphatic heterocycles. The molecule has 0 aliphatic carbocycles. The molecule has 2 atom stereocenters. The standard InChI is InChI=1S/C17H22N2O4S/c20-12-17-7-3-8-18-15(17)6-9-19(11-17)24(21,22)16-10-13-4-1-2-5-14(13)23-16/h1-2,4-5,10,15,18,20H,3,6-9,11-12H2/t15-,17-/m1/s1. The van der Waals surface area contributed by atoms with Crippen LogP contribution in [-0.4, -0.2) is 50.1 Å². The highest BCUT2D eigenvalue weighted by Gasteiger charge is 2.47. The average Bonchev–Trinajstić information content (AvgIpc) is 3.06. The molecule has 1 aromatic carbocycles. The zero-order valence-electron chi connectivity index (χ0n) is 13.4. The molecule has 7 heteroatoms. The molecule has 1 aromatic heterocycles. The van der Waals surface area contributed by atoms with Crippen molar-refractivity contribution in [1.29, 1.82) is 0 Å². The minimum atomic E-state index is -3.69. The molecule has 6 nitrogen and oxygen atoms in total. The molecule has 0 unspecified atom stereocenters. The van der Waals surface area contributed by atoms with Crippen molar-refractivity contribution in [2.45, 2.75) is 30.4 Å². The van der Waals surface area contributed by atoms with Gasteiger partial charge in [0.25, 0.3) is 10.0 Å². The largest absolute Gasteiger partial charge is 0.443 e. The van der Waals surface area contributed by atoms with Crippen molar-refractivity contribution in [3.63, 3.8) is 0 Å². The van der Waals surface area contributed by atoms with E-state index in [2.05, 4.69) is 5.32 Å². The van der Waals surface area contributed by atoms with Crippen molar-refractivity contribution in [2.24, 2.45) is 5.41 Å². The minimum absolute atomic E-state index is 0.00316. The van der Waals surface area contributed by atoms with Crippen molar-refractivity contribution in [3.8, 4) is 0 Å². The van der Waals surface area contributed by atoms with Crippen LogP contribution in [0.3, 0.4) is 0 Å². The van der Waals surface area contributed by atoms with Crippen molar-refractivity contribution in [3.05, 3.63) is 30.3 Å². The number of aliphatic hydroxyl groups is 1. The lowest BCUT2D eigenvalue weighted by Gasteiger charge is -2.49. The number of para-hydroxylation sites is 1. The first kappa shape index (κ1) is 16.1. The van der Waals surface area contributed by atoms with E-state index in [0.717, 1.165) is 24.8 Å². The topological polar surface area (TPSA) is 82.8 Å². The van der Waals surface area contributed by atoms with Gasteiger partial charge >= 0.3 is 0 Å². The smallest absolute Gasteiger partial charge is 0.276 e. The molecule has 2 saturated heterocycles. The predicted octanol–water partition coefficient (Wildman–Crippen LogP) is 1.56. The number of hydrogen-bond acceptors (Lipinski definition) is 5. The normalized spacial score (nSPS) is 28.8. The molecular formula is C17H22N2O4S. The highest BCUT2D eigenvalue weighted by atomic mass is 32.2. The van der Waals surface area contributed by atoms with Gasteiger partial charge in [-0.05, 0) is 31.9 Å². The second-order valence-corrected chi connectivity index (χ2v) is 8.73. The molecule has 130 valence electrons. The van der Waals surface area contributed by atoms with Crippen LogP contribution < -0.4 is 5.32 Å². The van der Waals surface area contributed by atoms with Crippen LogP contribution in [0.2, 0.25) is 0 Å². The summed E-state index contributed by atoms with van der Waals surface area (Å²) in [6.07, 6.45) is 2.50. The SMILES string of the molecule is O=S(=O)(c1cc2ccccc2o1)N1CC[C@H]2NCCC[C@]2(CO)C1. The van der Waals surface area contributed by atoms with Crippen LogP contribution in [0.4, 0.5) is 0 Å². The first-order valence-electron chi connectivity index (χ1n) is 8.38. The van der Waals surface area contributed by atoms with Crippen LogP contribution in [0.25, 0.3) is 11.0 Å². The molecule has 0 saturated carbocycles. The van der Waals surface area contributed by atoms with E-state index in [-0.39, 0.29) is 17.7 Å². The third-order valence-electron chi connectivity index (χ3n) is 5.45. The Morgan fingerprint density at radius 1 is 1.38 bits per heavy atom.